The molecule has 0 saturated heterocycles. The maximum atomic E-state index is 2.33. The standard InChI is InChI=1S/C46H30/c1-2-10-35-28-36(21-16-31(35)8-1)37-22-23-39-30-40(25-24-38(39)29-37)44-27-26-43(45-13-5-6-14-46(44)45)34-19-17-33(18-20-34)42-15-7-11-32-9-3-4-12-41(32)42/h1-30H. The molecule has 0 aliphatic heterocycles. The zero-order chi connectivity index (χ0) is 30.5. The van der Waals surface area contributed by atoms with Gasteiger partial charge >= 0.3 is 0 Å². The van der Waals surface area contributed by atoms with Gasteiger partial charge in [-0.05, 0) is 106 Å². The summed E-state index contributed by atoms with van der Waals surface area (Å²) in [4.78, 5) is 0. The molecule has 0 fully saturated rings. The average molecular weight is 583 g/mol. The van der Waals surface area contributed by atoms with Gasteiger partial charge in [-0.15, -0.1) is 0 Å². The highest BCUT2D eigenvalue weighted by Crippen LogP contribution is 2.38. The Balaban J connectivity index is 1.07. The van der Waals surface area contributed by atoms with Crippen LogP contribution in [-0.4, -0.2) is 0 Å². The zero-order valence-corrected chi connectivity index (χ0v) is 25.3. The van der Waals surface area contributed by atoms with Gasteiger partial charge < -0.3 is 0 Å². The normalized spacial score (nSPS) is 11.5. The molecule has 0 heterocycles. The Morgan fingerprint density at radius 1 is 0.196 bits per heavy atom. The van der Waals surface area contributed by atoms with Gasteiger partial charge in [0.25, 0.3) is 0 Å². The largest absolute Gasteiger partial charge is 0.0616 e. The summed E-state index contributed by atoms with van der Waals surface area (Å²) in [6, 6.07) is 66.6. The Hall–Kier alpha value is -5.98. The minimum absolute atomic E-state index is 1.23. The van der Waals surface area contributed by atoms with Gasteiger partial charge in [0.15, 0.2) is 0 Å². The molecule has 0 aliphatic carbocycles. The molecule has 0 nitrogen and oxygen atoms in total. The van der Waals surface area contributed by atoms with Crippen LogP contribution in [0, 0.1) is 0 Å². The summed E-state index contributed by atoms with van der Waals surface area (Å²) in [6.07, 6.45) is 0. The van der Waals surface area contributed by atoms with Gasteiger partial charge in [-0.2, -0.15) is 0 Å². The lowest BCUT2D eigenvalue weighted by atomic mass is 9.90. The van der Waals surface area contributed by atoms with E-state index in [4.69, 9.17) is 0 Å². The molecule has 9 aromatic rings. The van der Waals surface area contributed by atoms with Crippen molar-refractivity contribution in [1.82, 2.24) is 0 Å². The Morgan fingerprint density at radius 3 is 1.24 bits per heavy atom. The van der Waals surface area contributed by atoms with Crippen LogP contribution < -0.4 is 0 Å². The van der Waals surface area contributed by atoms with Crippen molar-refractivity contribution in [3.8, 4) is 44.5 Å². The molecule has 0 spiro atoms. The third-order valence-corrected chi connectivity index (χ3v) is 9.45. The van der Waals surface area contributed by atoms with Crippen molar-refractivity contribution in [3.63, 3.8) is 0 Å². The molecule has 0 bridgehead atoms. The van der Waals surface area contributed by atoms with Crippen molar-refractivity contribution in [2.24, 2.45) is 0 Å². The smallest absolute Gasteiger partial charge is 0.00992 e. The minimum Gasteiger partial charge on any atom is -0.0616 e. The molecule has 46 heavy (non-hydrogen) atoms. The fraction of sp³-hybridized carbons (Fsp3) is 0. The lowest BCUT2D eigenvalue weighted by Crippen LogP contribution is -1.87. The lowest BCUT2D eigenvalue weighted by Gasteiger charge is -2.14. The van der Waals surface area contributed by atoms with Crippen LogP contribution in [0.5, 0.6) is 0 Å². The highest BCUT2D eigenvalue weighted by atomic mass is 14.2. The maximum Gasteiger partial charge on any atom is -0.00992 e. The molecule has 9 aromatic carbocycles. The second-order valence-corrected chi connectivity index (χ2v) is 12.1. The van der Waals surface area contributed by atoms with E-state index in [2.05, 4.69) is 182 Å². The van der Waals surface area contributed by atoms with Crippen molar-refractivity contribution >= 4 is 43.1 Å². The first kappa shape index (κ1) is 26.4. The fourth-order valence-electron chi connectivity index (χ4n) is 7.07. The first-order valence-electron chi connectivity index (χ1n) is 15.9. The fourth-order valence-corrected chi connectivity index (χ4v) is 7.07. The lowest BCUT2D eigenvalue weighted by molar-refractivity contribution is 1.62. The Labute approximate surface area is 268 Å². The Morgan fingerprint density at radius 2 is 0.587 bits per heavy atom. The van der Waals surface area contributed by atoms with E-state index in [0.29, 0.717) is 0 Å². The molecule has 0 N–H and O–H groups in total. The summed E-state index contributed by atoms with van der Waals surface area (Å²) in [5, 5.41) is 10.1. The Kier molecular flexibility index (Phi) is 6.25. The van der Waals surface area contributed by atoms with Gasteiger partial charge in [-0.1, -0.05) is 164 Å². The van der Waals surface area contributed by atoms with E-state index in [1.807, 2.05) is 0 Å². The highest BCUT2D eigenvalue weighted by Gasteiger charge is 2.12. The molecule has 9 rings (SSSR count). The quantitative estimate of drug-likeness (QED) is 0.194. The molecular formula is C46H30. The monoisotopic (exact) mass is 582 g/mol. The number of hydrogen-bond acceptors (Lipinski definition) is 0. The van der Waals surface area contributed by atoms with E-state index in [1.54, 1.807) is 0 Å². The number of rotatable bonds is 4. The van der Waals surface area contributed by atoms with E-state index in [0.717, 1.165) is 0 Å². The molecule has 0 saturated carbocycles. The van der Waals surface area contributed by atoms with Gasteiger partial charge in [0.2, 0.25) is 0 Å². The predicted molar refractivity (Wildman–Crippen MR) is 198 cm³/mol. The maximum absolute atomic E-state index is 2.33. The van der Waals surface area contributed by atoms with Crippen LogP contribution in [0.25, 0.3) is 87.6 Å². The highest BCUT2D eigenvalue weighted by molar-refractivity contribution is 6.06. The molecule has 0 heteroatoms. The van der Waals surface area contributed by atoms with E-state index in [1.165, 1.54) is 87.6 Å². The summed E-state index contributed by atoms with van der Waals surface area (Å²) in [5.74, 6) is 0. The van der Waals surface area contributed by atoms with Gasteiger partial charge in [0.05, 0.1) is 0 Å². The van der Waals surface area contributed by atoms with Crippen LogP contribution in [-0.2, 0) is 0 Å². The molecule has 0 atom stereocenters. The Bertz CT molecular complexity index is 2560. The SMILES string of the molecule is c1ccc2cc(-c3ccc4cc(-c5ccc(-c6ccc(-c7cccc8ccccc78)cc6)c6ccccc56)ccc4c3)ccc2c1. The summed E-state index contributed by atoms with van der Waals surface area (Å²) in [6.45, 7) is 0. The van der Waals surface area contributed by atoms with Gasteiger partial charge in [-0.3, -0.25) is 0 Å². The first-order chi connectivity index (χ1) is 22.8. The molecule has 0 aliphatic rings. The topological polar surface area (TPSA) is 0 Å². The molecule has 0 unspecified atom stereocenters. The first-order valence-corrected chi connectivity index (χ1v) is 15.9. The third-order valence-electron chi connectivity index (χ3n) is 9.45. The van der Waals surface area contributed by atoms with E-state index in [-0.39, 0.29) is 0 Å². The molecular weight excluding hydrogens is 553 g/mol. The zero-order valence-electron chi connectivity index (χ0n) is 25.3. The third kappa shape index (κ3) is 4.55. The molecule has 0 amide bonds. The number of fused-ring (bicyclic) bond motifs is 4. The van der Waals surface area contributed by atoms with Crippen LogP contribution in [0.2, 0.25) is 0 Å². The molecule has 0 aromatic heterocycles. The summed E-state index contributed by atoms with van der Waals surface area (Å²) < 4.78 is 0. The molecule has 0 radical (unpaired) electrons. The summed E-state index contributed by atoms with van der Waals surface area (Å²) >= 11 is 0. The number of hydrogen-bond donors (Lipinski definition) is 0. The predicted octanol–water partition coefficient (Wildman–Crippen LogP) is 13.0. The summed E-state index contributed by atoms with van der Waals surface area (Å²) in [5.41, 5.74) is 9.97. The van der Waals surface area contributed by atoms with Crippen LogP contribution in [0.3, 0.4) is 0 Å². The van der Waals surface area contributed by atoms with Gasteiger partial charge in [-0.25, -0.2) is 0 Å². The second-order valence-electron chi connectivity index (χ2n) is 12.1. The molecule has 214 valence electrons. The van der Waals surface area contributed by atoms with Crippen LogP contribution in [0.4, 0.5) is 0 Å². The van der Waals surface area contributed by atoms with Crippen molar-refractivity contribution in [1.29, 1.82) is 0 Å². The van der Waals surface area contributed by atoms with E-state index >= 15 is 0 Å². The average Bonchev–Trinajstić information content (AvgIpc) is 3.13. The van der Waals surface area contributed by atoms with Crippen LogP contribution in [0.15, 0.2) is 182 Å². The van der Waals surface area contributed by atoms with Gasteiger partial charge in [0, 0.05) is 0 Å². The second kappa shape index (κ2) is 10.9. The number of benzene rings is 9. The van der Waals surface area contributed by atoms with E-state index < -0.39 is 0 Å². The van der Waals surface area contributed by atoms with Crippen molar-refractivity contribution in [2.45, 2.75) is 0 Å². The summed E-state index contributed by atoms with van der Waals surface area (Å²) in [7, 11) is 0. The van der Waals surface area contributed by atoms with Crippen LogP contribution >= 0.6 is 0 Å². The van der Waals surface area contributed by atoms with Crippen LogP contribution in [0.1, 0.15) is 0 Å². The van der Waals surface area contributed by atoms with Crippen molar-refractivity contribution in [3.05, 3.63) is 182 Å². The van der Waals surface area contributed by atoms with Gasteiger partial charge in [0.1, 0.15) is 0 Å². The minimum atomic E-state index is 1.23. The van der Waals surface area contributed by atoms with E-state index in [9.17, 15) is 0 Å². The van der Waals surface area contributed by atoms with Crippen molar-refractivity contribution < 1.29 is 0 Å². The van der Waals surface area contributed by atoms with Crippen molar-refractivity contribution in [2.75, 3.05) is 0 Å².